The number of sulfonamides is 1. The number of hydrogen-bond acceptors (Lipinski definition) is 5. The van der Waals surface area contributed by atoms with Crippen LogP contribution in [0.15, 0.2) is 0 Å². The molecule has 138 valence electrons. The summed E-state index contributed by atoms with van der Waals surface area (Å²) >= 11 is 0. The molecule has 0 spiro atoms. The second-order valence-electron chi connectivity index (χ2n) is 7.52. The lowest BCUT2D eigenvalue weighted by atomic mass is 9.81. The fourth-order valence-electron chi connectivity index (χ4n) is 4.53. The molecule has 0 aliphatic heterocycles. The Morgan fingerprint density at radius 3 is 2.33 bits per heavy atom. The number of fused-ring (bicyclic) bond motifs is 2. The molecule has 0 aromatic carbocycles. The molecule has 2 fully saturated rings. The van der Waals surface area contributed by atoms with Crippen molar-refractivity contribution in [3.05, 3.63) is 0 Å². The highest BCUT2D eigenvalue weighted by atomic mass is 32.2. The fourth-order valence-corrected chi connectivity index (χ4v) is 5.86. The van der Waals surface area contributed by atoms with Gasteiger partial charge in [0, 0.05) is 12.8 Å². The molecule has 24 heavy (non-hydrogen) atoms. The van der Waals surface area contributed by atoms with Crippen molar-refractivity contribution in [3.8, 4) is 0 Å². The lowest BCUT2D eigenvalue weighted by Gasteiger charge is -2.35. The van der Waals surface area contributed by atoms with E-state index >= 15 is 0 Å². The number of rotatable bonds is 7. The number of methoxy groups -OCH3 is 1. The van der Waals surface area contributed by atoms with Crippen LogP contribution in [0.3, 0.4) is 0 Å². The van der Waals surface area contributed by atoms with Gasteiger partial charge in [-0.05, 0) is 49.9 Å². The van der Waals surface area contributed by atoms with Crippen LogP contribution in [0.2, 0.25) is 0 Å². The van der Waals surface area contributed by atoms with Gasteiger partial charge in [-0.2, -0.15) is 0 Å². The summed E-state index contributed by atoms with van der Waals surface area (Å²) in [6.45, 7) is 5.95. The molecule has 2 rings (SSSR count). The Morgan fingerprint density at radius 2 is 1.88 bits per heavy atom. The first kappa shape index (κ1) is 19.2. The smallest absolute Gasteiger partial charge is 0.305 e. The van der Waals surface area contributed by atoms with E-state index in [0.29, 0.717) is 12.3 Å². The number of ether oxygens (including phenoxy) is 1. The highest BCUT2D eigenvalue weighted by molar-refractivity contribution is 7.89. The Hall–Kier alpha value is -1.11. The maximum atomic E-state index is 12.7. The largest absolute Gasteiger partial charge is 0.469 e. The zero-order chi connectivity index (χ0) is 18.1. The van der Waals surface area contributed by atoms with Crippen LogP contribution in [0, 0.1) is 17.3 Å². The zero-order valence-electron chi connectivity index (χ0n) is 15.1. The Morgan fingerprint density at radius 1 is 1.21 bits per heavy atom. The zero-order valence-corrected chi connectivity index (χ0v) is 15.9. The van der Waals surface area contributed by atoms with Crippen molar-refractivity contribution < 1.29 is 22.7 Å². The van der Waals surface area contributed by atoms with E-state index in [1.807, 2.05) is 0 Å². The van der Waals surface area contributed by atoms with Crippen LogP contribution in [0.25, 0.3) is 0 Å². The van der Waals surface area contributed by atoms with Gasteiger partial charge in [0.25, 0.3) is 0 Å². The van der Waals surface area contributed by atoms with Crippen molar-refractivity contribution in [2.75, 3.05) is 12.9 Å². The molecule has 7 heteroatoms. The molecule has 2 saturated carbocycles. The Balaban J connectivity index is 2.15. The number of hydrogen-bond donors (Lipinski definition) is 0. The van der Waals surface area contributed by atoms with Gasteiger partial charge in [-0.25, -0.2) is 12.7 Å². The molecule has 2 unspecified atom stereocenters. The van der Waals surface area contributed by atoms with Gasteiger partial charge in [-0.3, -0.25) is 9.59 Å². The van der Waals surface area contributed by atoms with Crippen LogP contribution in [0.5, 0.6) is 0 Å². The first-order chi connectivity index (χ1) is 11.1. The highest BCUT2D eigenvalue weighted by Gasteiger charge is 2.57. The number of nitrogens with zero attached hydrogens (tertiary/aromatic N) is 1. The van der Waals surface area contributed by atoms with E-state index in [1.165, 1.54) is 7.11 Å². The number of carbonyl (C=O) groups is 2. The minimum atomic E-state index is -3.60. The third-order valence-electron chi connectivity index (χ3n) is 6.04. The van der Waals surface area contributed by atoms with E-state index < -0.39 is 10.0 Å². The van der Waals surface area contributed by atoms with E-state index in [9.17, 15) is 18.0 Å². The van der Waals surface area contributed by atoms with Gasteiger partial charge in [-0.15, -0.1) is 0 Å². The summed E-state index contributed by atoms with van der Waals surface area (Å²) in [5.41, 5.74) is 0.0818. The maximum Gasteiger partial charge on any atom is 0.305 e. The van der Waals surface area contributed by atoms with Crippen LogP contribution in [0.1, 0.15) is 59.3 Å². The van der Waals surface area contributed by atoms with Crippen LogP contribution in [-0.4, -0.2) is 43.5 Å². The van der Waals surface area contributed by atoms with Gasteiger partial charge < -0.3 is 4.74 Å². The molecule has 0 heterocycles. The van der Waals surface area contributed by atoms with Gasteiger partial charge in [0.1, 0.15) is 0 Å². The standard InChI is InChI=1S/C17H29NO5S/c1-5-24(21,22)18(15(19)7-6-8-16(20)23-4)14-11-12-9-10-13(14)17(12,2)3/h12-14H,5-11H2,1-4H3/t12-,13?,14?/m0/s1. The summed E-state index contributed by atoms with van der Waals surface area (Å²) in [7, 11) is -2.30. The molecule has 0 radical (unpaired) electrons. The molecule has 0 saturated heterocycles. The van der Waals surface area contributed by atoms with Gasteiger partial charge >= 0.3 is 5.97 Å². The van der Waals surface area contributed by atoms with Crippen molar-refractivity contribution in [1.29, 1.82) is 0 Å². The van der Waals surface area contributed by atoms with Crippen LogP contribution in [-0.2, 0) is 24.3 Å². The second kappa shape index (κ2) is 7.02. The number of amides is 1. The minimum absolute atomic E-state index is 0.0582. The van der Waals surface area contributed by atoms with E-state index in [2.05, 4.69) is 18.6 Å². The average molecular weight is 359 g/mol. The quantitative estimate of drug-likeness (QED) is 0.652. The van der Waals surface area contributed by atoms with Gasteiger partial charge in [-0.1, -0.05) is 13.8 Å². The van der Waals surface area contributed by atoms with Crippen LogP contribution < -0.4 is 0 Å². The SMILES string of the molecule is CCS(=O)(=O)N(C(=O)CCCC(=O)OC)C1C[C@@H]2CCC1C2(C)C. The highest BCUT2D eigenvalue weighted by Crippen LogP contribution is 2.59. The fraction of sp³-hybridized carbons (Fsp3) is 0.882. The molecule has 6 nitrogen and oxygen atoms in total. The normalized spacial score (nSPS) is 27.9. The number of carbonyl (C=O) groups excluding carboxylic acids is 2. The summed E-state index contributed by atoms with van der Waals surface area (Å²) in [5.74, 6) is -0.134. The lowest BCUT2D eigenvalue weighted by molar-refractivity contribution is -0.140. The van der Waals surface area contributed by atoms with E-state index in [4.69, 9.17) is 0 Å². The third kappa shape index (κ3) is 3.46. The number of esters is 1. The van der Waals surface area contributed by atoms with Crippen molar-refractivity contribution >= 4 is 21.9 Å². The third-order valence-corrected chi connectivity index (χ3v) is 7.84. The van der Waals surface area contributed by atoms with Gasteiger partial charge in [0.05, 0.1) is 18.9 Å². The maximum absolute atomic E-state index is 12.7. The predicted molar refractivity (Wildman–Crippen MR) is 90.6 cm³/mol. The Kier molecular flexibility index (Phi) is 5.62. The van der Waals surface area contributed by atoms with E-state index in [-0.39, 0.29) is 47.8 Å². The molecule has 2 aliphatic carbocycles. The predicted octanol–water partition coefficient (Wildman–Crippen LogP) is 2.33. The van der Waals surface area contributed by atoms with Crippen LogP contribution >= 0.6 is 0 Å². The van der Waals surface area contributed by atoms with Gasteiger partial charge in [0.15, 0.2) is 0 Å². The Bertz CT molecular complexity index is 598. The summed E-state index contributed by atoms with van der Waals surface area (Å²) in [4.78, 5) is 23.9. The summed E-state index contributed by atoms with van der Waals surface area (Å²) in [5, 5.41) is 0. The minimum Gasteiger partial charge on any atom is -0.469 e. The van der Waals surface area contributed by atoms with Crippen LogP contribution in [0.4, 0.5) is 0 Å². The summed E-state index contributed by atoms with van der Waals surface area (Å²) < 4.78 is 30.9. The van der Waals surface area contributed by atoms with Gasteiger partial charge in [0.2, 0.25) is 15.9 Å². The summed E-state index contributed by atoms with van der Waals surface area (Å²) in [6.07, 6.45) is 3.36. The lowest BCUT2D eigenvalue weighted by Crippen LogP contribution is -2.48. The second-order valence-corrected chi connectivity index (χ2v) is 9.66. The molecule has 0 N–H and O–H groups in total. The molecular formula is C17H29NO5S. The van der Waals surface area contributed by atoms with Crippen molar-refractivity contribution in [1.82, 2.24) is 4.31 Å². The van der Waals surface area contributed by atoms with Crippen molar-refractivity contribution in [2.24, 2.45) is 17.3 Å². The van der Waals surface area contributed by atoms with Crippen molar-refractivity contribution in [3.63, 3.8) is 0 Å². The molecule has 2 bridgehead atoms. The van der Waals surface area contributed by atoms with E-state index in [1.54, 1.807) is 6.92 Å². The average Bonchev–Trinajstić information content (AvgIpc) is 2.94. The first-order valence-corrected chi connectivity index (χ1v) is 10.4. The molecule has 0 aromatic heterocycles. The molecule has 2 aliphatic rings. The Labute approximate surface area is 145 Å². The van der Waals surface area contributed by atoms with E-state index in [0.717, 1.165) is 23.6 Å². The summed E-state index contributed by atoms with van der Waals surface area (Å²) in [6, 6.07) is -0.227. The van der Waals surface area contributed by atoms with Crippen molar-refractivity contribution in [2.45, 2.75) is 65.3 Å². The molecular weight excluding hydrogens is 330 g/mol. The topological polar surface area (TPSA) is 80.8 Å². The first-order valence-electron chi connectivity index (χ1n) is 8.76. The molecule has 3 atom stereocenters. The molecule has 0 aromatic rings. The molecule has 1 amide bonds. The monoisotopic (exact) mass is 359 g/mol.